The lowest BCUT2D eigenvalue weighted by atomic mass is 9.89. The Kier molecular flexibility index (Phi) is 4.76. The number of hydrogen-bond acceptors (Lipinski definition) is 3. The molecule has 6 heteroatoms. The van der Waals surface area contributed by atoms with E-state index in [1.165, 1.54) is 0 Å². The van der Waals surface area contributed by atoms with Crippen molar-refractivity contribution in [1.82, 2.24) is 0 Å². The van der Waals surface area contributed by atoms with Gasteiger partial charge in [0.05, 0.1) is 16.3 Å². The van der Waals surface area contributed by atoms with Gasteiger partial charge in [-0.05, 0) is 47.8 Å². The topological polar surface area (TPSA) is 47.3 Å². The predicted molar refractivity (Wildman–Crippen MR) is 82.0 cm³/mol. The van der Waals surface area contributed by atoms with Crippen LogP contribution in [-0.4, -0.2) is 23.7 Å². The Balaban J connectivity index is 2.03. The van der Waals surface area contributed by atoms with Gasteiger partial charge >= 0.3 is 0 Å². The normalized spacial score (nSPS) is 21.8. The van der Waals surface area contributed by atoms with Crippen LogP contribution in [0.1, 0.15) is 25.3 Å². The molecule has 1 fully saturated rings. The van der Waals surface area contributed by atoms with E-state index >= 15 is 0 Å². The number of nitrogens with one attached hydrogen (secondary N) is 1. The molecule has 0 unspecified atom stereocenters. The molecule has 19 heavy (non-hydrogen) atoms. The van der Waals surface area contributed by atoms with Crippen molar-refractivity contribution in [3.8, 4) is 0 Å². The summed E-state index contributed by atoms with van der Waals surface area (Å²) in [5.41, 5.74) is 6.50. The van der Waals surface area contributed by atoms with E-state index in [0.29, 0.717) is 21.8 Å². The minimum Gasteiger partial charge on any atom is -0.389 e. The zero-order valence-corrected chi connectivity index (χ0v) is 13.0. The van der Waals surface area contributed by atoms with Gasteiger partial charge in [0.1, 0.15) is 4.99 Å². The van der Waals surface area contributed by atoms with Crippen molar-refractivity contribution in [3.05, 3.63) is 28.0 Å². The molecular formula is C13H16BrFN2OS. The average molecular weight is 347 g/mol. The Labute approximate surface area is 125 Å². The van der Waals surface area contributed by atoms with Crippen molar-refractivity contribution in [2.24, 2.45) is 5.73 Å². The Morgan fingerprint density at radius 3 is 2.84 bits per heavy atom. The number of benzene rings is 1. The molecule has 104 valence electrons. The minimum atomic E-state index is -0.356. The monoisotopic (exact) mass is 346 g/mol. The maximum atomic E-state index is 14.1. The molecule has 0 spiro atoms. The summed E-state index contributed by atoms with van der Waals surface area (Å²) in [5.74, 6) is -0.356. The molecule has 1 aromatic rings. The van der Waals surface area contributed by atoms with Crippen LogP contribution >= 0.6 is 28.1 Å². The van der Waals surface area contributed by atoms with E-state index in [1.807, 2.05) is 6.92 Å². The van der Waals surface area contributed by atoms with Crippen LogP contribution in [0.5, 0.6) is 0 Å². The molecule has 0 saturated heterocycles. The van der Waals surface area contributed by atoms with Crippen LogP contribution in [0.2, 0.25) is 0 Å². The van der Waals surface area contributed by atoms with Crippen molar-refractivity contribution in [2.45, 2.75) is 31.9 Å². The molecule has 2 rings (SSSR count). The fraction of sp³-hybridized carbons (Fsp3) is 0.462. The molecule has 0 atom stereocenters. The van der Waals surface area contributed by atoms with Crippen LogP contribution in [0.3, 0.4) is 0 Å². The third-order valence-corrected chi connectivity index (χ3v) is 4.20. The molecule has 0 heterocycles. The van der Waals surface area contributed by atoms with Gasteiger partial charge in [0.25, 0.3) is 0 Å². The maximum Gasteiger partial charge on any atom is 0.161 e. The Morgan fingerprint density at radius 1 is 1.58 bits per heavy atom. The highest BCUT2D eigenvalue weighted by molar-refractivity contribution is 9.10. The number of halogens is 2. The summed E-state index contributed by atoms with van der Waals surface area (Å²) in [6.07, 6.45) is 2.11. The number of anilines is 1. The third kappa shape index (κ3) is 3.24. The molecule has 0 radical (unpaired) electrons. The van der Waals surface area contributed by atoms with Gasteiger partial charge in [-0.15, -0.1) is 0 Å². The number of nitrogens with two attached hydrogens (primary N) is 1. The molecule has 0 aliphatic heterocycles. The lowest BCUT2D eigenvalue weighted by molar-refractivity contribution is 0.00293. The molecule has 1 aromatic carbocycles. The van der Waals surface area contributed by atoms with Gasteiger partial charge in [-0.25, -0.2) is 4.39 Å². The highest BCUT2D eigenvalue weighted by atomic mass is 79.9. The zero-order valence-electron chi connectivity index (χ0n) is 10.6. The first-order valence-electron chi connectivity index (χ1n) is 6.18. The molecule has 0 aromatic heterocycles. The first-order chi connectivity index (χ1) is 9.02. The molecule has 3 N–H and O–H groups in total. The molecule has 0 bridgehead atoms. The van der Waals surface area contributed by atoms with Gasteiger partial charge < -0.3 is 15.8 Å². The SMILES string of the molecule is CCOC1CC(Nc2ccc(C(N)=S)c(Br)c2F)C1. The highest BCUT2D eigenvalue weighted by Crippen LogP contribution is 2.31. The molecule has 3 nitrogen and oxygen atoms in total. The number of rotatable bonds is 5. The quantitative estimate of drug-likeness (QED) is 0.803. The van der Waals surface area contributed by atoms with Crippen LogP contribution in [0.15, 0.2) is 16.6 Å². The van der Waals surface area contributed by atoms with E-state index in [1.54, 1.807) is 12.1 Å². The average Bonchev–Trinajstić information content (AvgIpc) is 2.31. The van der Waals surface area contributed by atoms with Gasteiger partial charge in [-0.3, -0.25) is 0 Å². The van der Waals surface area contributed by atoms with Crippen molar-refractivity contribution < 1.29 is 9.13 Å². The Hall–Kier alpha value is -0.720. The lowest BCUT2D eigenvalue weighted by Gasteiger charge is -2.36. The largest absolute Gasteiger partial charge is 0.389 e. The van der Waals surface area contributed by atoms with Crippen LogP contribution in [0.25, 0.3) is 0 Å². The second kappa shape index (κ2) is 6.15. The summed E-state index contributed by atoms with van der Waals surface area (Å²) in [4.78, 5) is 0.178. The molecule has 0 amide bonds. The first-order valence-corrected chi connectivity index (χ1v) is 7.39. The fourth-order valence-electron chi connectivity index (χ4n) is 2.13. The van der Waals surface area contributed by atoms with E-state index in [4.69, 9.17) is 22.7 Å². The predicted octanol–water partition coefficient (Wildman–Crippen LogP) is 3.20. The van der Waals surface area contributed by atoms with Gasteiger partial charge in [-0.2, -0.15) is 0 Å². The molecular weight excluding hydrogens is 331 g/mol. The second-order valence-corrected chi connectivity index (χ2v) is 5.78. The van der Waals surface area contributed by atoms with Crippen molar-refractivity contribution >= 4 is 38.8 Å². The summed E-state index contributed by atoms with van der Waals surface area (Å²) < 4.78 is 19.9. The van der Waals surface area contributed by atoms with E-state index in [0.717, 1.165) is 19.4 Å². The number of hydrogen-bond donors (Lipinski definition) is 2. The van der Waals surface area contributed by atoms with Gasteiger partial charge in [0.2, 0.25) is 0 Å². The number of ether oxygens (including phenoxy) is 1. The molecule has 1 aliphatic rings. The molecule has 1 saturated carbocycles. The summed E-state index contributed by atoms with van der Waals surface area (Å²) in [6.45, 7) is 2.70. The Morgan fingerprint density at radius 2 is 2.26 bits per heavy atom. The van der Waals surface area contributed by atoms with E-state index in [-0.39, 0.29) is 16.8 Å². The summed E-state index contributed by atoms with van der Waals surface area (Å²) in [7, 11) is 0. The summed E-state index contributed by atoms with van der Waals surface area (Å²) >= 11 is 8.05. The van der Waals surface area contributed by atoms with Gasteiger partial charge in [0, 0.05) is 18.2 Å². The fourth-order valence-corrected chi connectivity index (χ4v) is 2.99. The van der Waals surface area contributed by atoms with E-state index in [2.05, 4.69) is 21.2 Å². The summed E-state index contributed by atoms with van der Waals surface area (Å²) in [6, 6.07) is 3.65. The second-order valence-electron chi connectivity index (χ2n) is 4.54. The van der Waals surface area contributed by atoms with Crippen LogP contribution in [-0.2, 0) is 4.74 Å². The maximum absolute atomic E-state index is 14.1. The standard InChI is InChI=1S/C13H16BrFN2OS/c1-2-18-8-5-7(6-8)17-10-4-3-9(13(16)19)11(14)12(10)15/h3-4,7-8,17H,2,5-6H2,1H3,(H2,16,19). The van der Waals surface area contributed by atoms with Crippen molar-refractivity contribution in [2.75, 3.05) is 11.9 Å². The minimum absolute atomic E-state index is 0.178. The van der Waals surface area contributed by atoms with Crippen LogP contribution in [0.4, 0.5) is 10.1 Å². The van der Waals surface area contributed by atoms with Gasteiger partial charge in [0.15, 0.2) is 5.82 Å². The van der Waals surface area contributed by atoms with Crippen molar-refractivity contribution in [3.63, 3.8) is 0 Å². The van der Waals surface area contributed by atoms with Crippen molar-refractivity contribution in [1.29, 1.82) is 0 Å². The first kappa shape index (κ1) is 14.7. The Bertz CT molecular complexity index is 492. The lowest BCUT2D eigenvalue weighted by Crippen LogP contribution is -2.41. The highest BCUT2D eigenvalue weighted by Gasteiger charge is 2.30. The van der Waals surface area contributed by atoms with E-state index < -0.39 is 0 Å². The third-order valence-electron chi connectivity index (χ3n) is 3.20. The van der Waals surface area contributed by atoms with Gasteiger partial charge in [-0.1, -0.05) is 12.2 Å². The number of thiocarbonyl (C=S) groups is 1. The van der Waals surface area contributed by atoms with Crippen LogP contribution < -0.4 is 11.1 Å². The van der Waals surface area contributed by atoms with Crippen LogP contribution in [0, 0.1) is 5.82 Å². The smallest absolute Gasteiger partial charge is 0.161 e. The zero-order chi connectivity index (χ0) is 14.0. The van der Waals surface area contributed by atoms with E-state index in [9.17, 15) is 4.39 Å². The summed E-state index contributed by atoms with van der Waals surface area (Å²) in [5, 5.41) is 3.17. The molecule has 1 aliphatic carbocycles.